The van der Waals surface area contributed by atoms with Gasteiger partial charge in [0.15, 0.2) is 0 Å². The van der Waals surface area contributed by atoms with E-state index in [1.54, 1.807) is 38.8 Å². The van der Waals surface area contributed by atoms with Crippen molar-refractivity contribution < 1.29 is 19.4 Å². The Morgan fingerprint density at radius 3 is 2.26 bits per heavy atom. The van der Waals surface area contributed by atoms with Gasteiger partial charge in [0.25, 0.3) is 0 Å². The molecule has 3 aromatic heterocycles. The molecule has 0 saturated carbocycles. The molecule has 5 rings (SSSR count). The smallest absolute Gasteiger partial charge is 0.309 e. The van der Waals surface area contributed by atoms with Crippen LogP contribution in [-0.2, 0) is 30.8 Å². The Hall–Kier alpha value is -4.37. The number of nitrogens with zero attached hydrogens (tertiary/aromatic N) is 4. The van der Waals surface area contributed by atoms with Crippen molar-refractivity contribution in [2.75, 3.05) is 7.11 Å². The Morgan fingerprint density at radius 1 is 0.935 bits per heavy atom. The zero-order chi connectivity index (χ0) is 33.1. The molecule has 0 spiro atoms. The van der Waals surface area contributed by atoms with Crippen LogP contribution in [0.1, 0.15) is 64.1 Å². The highest BCUT2D eigenvalue weighted by atomic mass is 32.2. The first-order chi connectivity index (χ1) is 21.9. The fraction of sp³-hybridized carbons (Fsp3) is 0.351. The minimum Gasteiger partial charge on any atom is -0.487 e. The number of carboxylic acid groups (broad SMARTS) is 1. The number of aromatic nitrogens is 4. The molecule has 0 unspecified atom stereocenters. The third kappa shape index (κ3) is 7.70. The van der Waals surface area contributed by atoms with E-state index in [-0.39, 0.29) is 4.75 Å². The summed E-state index contributed by atoms with van der Waals surface area (Å²) >= 11 is 1.76. The molecule has 0 aliphatic heterocycles. The number of carboxylic acids is 1. The molecular formula is C37H42N4O4S. The average molecular weight is 639 g/mol. The SMILES string of the molecule is CCc1ccc(COc2ccc3c(c2)c(SC(C)(C)C)c(CC(C)(C)C(=O)O)n3Cc2ccc(-c3ccc(OC)nn3)cc2)nc1. The van der Waals surface area contributed by atoms with E-state index in [0.29, 0.717) is 25.5 Å². The molecule has 0 aliphatic carbocycles. The van der Waals surface area contributed by atoms with Crippen LogP contribution in [0.5, 0.6) is 11.6 Å². The van der Waals surface area contributed by atoms with Crippen molar-refractivity contribution in [3.63, 3.8) is 0 Å². The summed E-state index contributed by atoms with van der Waals surface area (Å²) in [4.78, 5) is 18.0. The molecular weight excluding hydrogens is 596 g/mol. The van der Waals surface area contributed by atoms with Gasteiger partial charge in [-0.1, -0.05) is 58.0 Å². The van der Waals surface area contributed by atoms with Gasteiger partial charge in [-0.3, -0.25) is 9.78 Å². The van der Waals surface area contributed by atoms with Crippen molar-refractivity contribution in [2.24, 2.45) is 5.41 Å². The topological polar surface area (TPSA) is 99.4 Å². The highest BCUT2D eigenvalue weighted by Crippen LogP contribution is 2.44. The lowest BCUT2D eigenvalue weighted by Crippen LogP contribution is -2.28. The number of hydrogen-bond acceptors (Lipinski definition) is 7. The highest BCUT2D eigenvalue weighted by molar-refractivity contribution is 8.00. The van der Waals surface area contributed by atoms with Crippen LogP contribution in [0.2, 0.25) is 0 Å². The zero-order valence-electron chi connectivity index (χ0n) is 27.6. The van der Waals surface area contributed by atoms with Crippen LogP contribution in [0.3, 0.4) is 0 Å². The van der Waals surface area contributed by atoms with Crippen molar-refractivity contribution in [3.05, 3.63) is 95.4 Å². The average Bonchev–Trinajstić information content (AvgIpc) is 3.29. The number of methoxy groups -OCH3 is 1. The molecule has 0 fully saturated rings. The van der Waals surface area contributed by atoms with E-state index in [0.717, 1.165) is 56.2 Å². The van der Waals surface area contributed by atoms with Gasteiger partial charge >= 0.3 is 5.97 Å². The maximum Gasteiger partial charge on any atom is 0.309 e. The number of hydrogen-bond donors (Lipinski definition) is 1. The van der Waals surface area contributed by atoms with Crippen molar-refractivity contribution in [1.29, 1.82) is 0 Å². The number of aliphatic carboxylic acids is 1. The van der Waals surface area contributed by atoms with Gasteiger partial charge in [0.05, 0.1) is 23.9 Å². The first kappa shape index (κ1) is 33.0. The Bertz CT molecular complexity index is 1810. The van der Waals surface area contributed by atoms with E-state index >= 15 is 0 Å². The number of ether oxygens (including phenoxy) is 2. The third-order valence-electron chi connectivity index (χ3n) is 7.81. The lowest BCUT2D eigenvalue weighted by atomic mass is 9.88. The minimum atomic E-state index is -0.966. The summed E-state index contributed by atoms with van der Waals surface area (Å²) in [6.07, 6.45) is 3.21. The van der Waals surface area contributed by atoms with Crippen molar-refractivity contribution in [2.45, 2.75) is 77.2 Å². The summed E-state index contributed by atoms with van der Waals surface area (Å²) in [6.45, 7) is 13.2. The fourth-order valence-corrected chi connectivity index (χ4v) is 6.36. The van der Waals surface area contributed by atoms with E-state index in [4.69, 9.17) is 9.47 Å². The van der Waals surface area contributed by atoms with E-state index in [1.165, 1.54) is 5.56 Å². The summed E-state index contributed by atoms with van der Waals surface area (Å²) in [5.74, 6) is 0.388. The number of aryl methyl sites for hydroxylation is 1. The molecule has 0 atom stereocenters. The largest absolute Gasteiger partial charge is 0.487 e. The maximum absolute atomic E-state index is 12.4. The van der Waals surface area contributed by atoms with Gasteiger partial charge < -0.3 is 19.1 Å². The lowest BCUT2D eigenvalue weighted by molar-refractivity contribution is -0.146. The molecule has 0 saturated heterocycles. The molecule has 3 heterocycles. The molecule has 8 nitrogen and oxygen atoms in total. The highest BCUT2D eigenvalue weighted by Gasteiger charge is 2.33. The number of benzene rings is 2. The zero-order valence-corrected chi connectivity index (χ0v) is 28.4. The molecule has 9 heteroatoms. The van der Waals surface area contributed by atoms with Crippen molar-refractivity contribution in [3.8, 4) is 22.9 Å². The lowest BCUT2D eigenvalue weighted by Gasteiger charge is -2.24. The van der Waals surface area contributed by atoms with E-state index < -0.39 is 11.4 Å². The molecule has 2 aromatic carbocycles. The van der Waals surface area contributed by atoms with Crippen LogP contribution in [-0.4, -0.2) is 42.7 Å². The van der Waals surface area contributed by atoms with Crippen LogP contribution in [0.15, 0.2) is 77.8 Å². The summed E-state index contributed by atoms with van der Waals surface area (Å²) in [6, 6.07) is 22.2. The van der Waals surface area contributed by atoms with Crippen LogP contribution in [0, 0.1) is 5.41 Å². The van der Waals surface area contributed by atoms with Crippen LogP contribution in [0.25, 0.3) is 22.2 Å². The predicted octanol–water partition coefficient (Wildman–Crippen LogP) is 8.24. The van der Waals surface area contributed by atoms with Crippen LogP contribution < -0.4 is 9.47 Å². The van der Waals surface area contributed by atoms with Crippen LogP contribution >= 0.6 is 11.8 Å². The quantitative estimate of drug-likeness (QED) is 0.136. The molecule has 0 aliphatic rings. The van der Waals surface area contributed by atoms with Gasteiger partial charge in [0.2, 0.25) is 5.88 Å². The summed E-state index contributed by atoms with van der Waals surface area (Å²) in [5.41, 5.74) is 5.93. The van der Waals surface area contributed by atoms with Gasteiger partial charge in [-0.15, -0.1) is 22.0 Å². The van der Waals surface area contributed by atoms with Gasteiger partial charge in [-0.25, -0.2) is 0 Å². The van der Waals surface area contributed by atoms with Crippen molar-refractivity contribution in [1.82, 2.24) is 19.7 Å². The Balaban J connectivity index is 1.55. The van der Waals surface area contributed by atoms with E-state index in [9.17, 15) is 9.90 Å². The second-order valence-corrected chi connectivity index (χ2v) is 14.9. The molecule has 0 radical (unpaired) electrons. The second-order valence-electron chi connectivity index (χ2n) is 13.1. The second kappa shape index (κ2) is 13.5. The third-order valence-corrected chi connectivity index (χ3v) is 9.08. The maximum atomic E-state index is 12.4. The van der Waals surface area contributed by atoms with E-state index in [1.807, 2.05) is 36.5 Å². The predicted molar refractivity (Wildman–Crippen MR) is 184 cm³/mol. The molecule has 0 bridgehead atoms. The number of carbonyl (C=O) groups is 1. The Kier molecular flexibility index (Phi) is 9.72. The van der Waals surface area contributed by atoms with Gasteiger partial charge in [-0.2, -0.15) is 0 Å². The minimum absolute atomic E-state index is 0.107. The first-order valence-electron chi connectivity index (χ1n) is 15.5. The fourth-order valence-electron chi connectivity index (χ4n) is 5.17. The standard InChI is InChI=1S/C37H42N4O4S/c1-8-24-11-14-27(38-21-24)23-45-28-15-17-31-29(19-28)34(46-36(2,3)4)32(20-37(5,6)35(42)43)41(31)22-25-9-12-26(13-10-25)30-16-18-33(44-7)40-39-30/h9-19,21H,8,20,22-23H2,1-7H3,(H,42,43). The van der Waals surface area contributed by atoms with Gasteiger partial charge in [0.1, 0.15) is 12.4 Å². The molecule has 1 N–H and O–H groups in total. The number of pyridine rings is 1. The number of fused-ring (bicyclic) bond motifs is 1. The Labute approximate surface area is 275 Å². The summed E-state index contributed by atoms with van der Waals surface area (Å²) in [5, 5.41) is 19.6. The molecule has 0 amide bonds. The Morgan fingerprint density at radius 2 is 1.67 bits per heavy atom. The van der Waals surface area contributed by atoms with Crippen molar-refractivity contribution >= 4 is 28.6 Å². The molecule has 46 heavy (non-hydrogen) atoms. The summed E-state index contributed by atoms with van der Waals surface area (Å²) in [7, 11) is 1.57. The number of thioether (sulfide) groups is 1. The first-order valence-corrected chi connectivity index (χ1v) is 16.3. The van der Waals surface area contributed by atoms with Gasteiger partial charge in [-0.05, 0) is 61.7 Å². The number of rotatable bonds is 12. The van der Waals surface area contributed by atoms with E-state index in [2.05, 4.69) is 77.8 Å². The molecule has 240 valence electrons. The van der Waals surface area contributed by atoms with Gasteiger partial charge in [0, 0.05) is 57.0 Å². The normalized spacial score (nSPS) is 12.0. The van der Waals surface area contributed by atoms with Crippen LogP contribution in [0.4, 0.5) is 0 Å². The monoisotopic (exact) mass is 638 g/mol. The summed E-state index contributed by atoms with van der Waals surface area (Å²) < 4.78 is 13.5. The molecule has 5 aromatic rings.